The molecule has 1 heterocycles. The van der Waals surface area contributed by atoms with Gasteiger partial charge in [-0.2, -0.15) is 0 Å². The van der Waals surface area contributed by atoms with Crippen LogP contribution < -0.4 is 9.03 Å². The summed E-state index contributed by atoms with van der Waals surface area (Å²) in [6.45, 7) is 0. The molecule has 23 heavy (non-hydrogen) atoms. The van der Waals surface area contributed by atoms with Gasteiger partial charge in [0.05, 0.1) is 0 Å². The molecule has 1 N–H and O–H groups in total. The van der Waals surface area contributed by atoms with Crippen molar-refractivity contribution in [3.63, 3.8) is 0 Å². The van der Waals surface area contributed by atoms with Gasteiger partial charge >= 0.3 is 150 Å². The maximum atomic E-state index is 12.3. The molecule has 2 aromatic rings. The molecule has 0 fully saturated rings. The van der Waals surface area contributed by atoms with Crippen LogP contribution in [0.5, 0.6) is 0 Å². The van der Waals surface area contributed by atoms with E-state index in [1.165, 1.54) is 12.1 Å². The third-order valence-corrected chi connectivity index (χ3v) is 7.36. The molecular weight excluding hydrogens is 448 g/mol. The molecule has 9 heteroatoms. The van der Waals surface area contributed by atoms with Crippen LogP contribution in [0.1, 0.15) is 10.4 Å². The number of pyridine rings is 1. The summed E-state index contributed by atoms with van der Waals surface area (Å²) in [4.78, 5) is 31.1. The summed E-state index contributed by atoms with van der Waals surface area (Å²) in [6.07, 6.45) is 0. The van der Waals surface area contributed by atoms with Crippen molar-refractivity contribution in [2.45, 2.75) is 9.88 Å². The van der Waals surface area contributed by atoms with Crippen LogP contribution in [0.3, 0.4) is 0 Å². The Morgan fingerprint density at radius 3 is 2.35 bits per heavy atom. The Morgan fingerprint density at radius 2 is 1.83 bits per heavy atom. The Bertz CT molecular complexity index is 764. The van der Waals surface area contributed by atoms with Crippen molar-refractivity contribution in [2.24, 2.45) is 0 Å². The standard InChI is InChI=1S/C12H6Cl2N3O3.2CH3.Sn/c13-8-2-1-3-9(14)11(8)12(18)16-10-5-4-7(6-15-10)17(19)20;;;/h1-5H,(H,15,16,18);2*1H3;. The second-order valence-electron chi connectivity index (χ2n) is 4.87. The van der Waals surface area contributed by atoms with Gasteiger partial charge in [0.2, 0.25) is 0 Å². The first-order chi connectivity index (χ1) is 10.8. The molecule has 0 aliphatic heterocycles. The fourth-order valence-corrected chi connectivity index (χ4v) is 5.44. The number of nitro groups is 1. The number of halogens is 2. The van der Waals surface area contributed by atoms with Crippen LogP contribution in [0.4, 0.5) is 11.5 Å². The molecule has 0 saturated carbocycles. The number of benzene rings is 1. The van der Waals surface area contributed by atoms with Gasteiger partial charge in [-0.1, -0.05) is 0 Å². The normalized spacial score (nSPS) is 10.7. The van der Waals surface area contributed by atoms with Gasteiger partial charge in [-0.25, -0.2) is 0 Å². The predicted molar refractivity (Wildman–Crippen MR) is 92.4 cm³/mol. The number of carbonyl (C=O) groups is 1. The van der Waals surface area contributed by atoms with Crippen molar-refractivity contribution in [1.82, 2.24) is 4.98 Å². The van der Waals surface area contributed by atoms with Crippen LogP contribution in [-0.4, -0.2) is 35.6 Å². The summed E-state index contributed by atoms with van der Waals surface area (Å²) in [5, 5.41) is 14.1. The van der Waals surface area contributed by atoms with Crippen molar-refractivity contribution >= 4 is 64.1 Å². The number of hydrogen-bond acceptors (Lipinski definition) is 4. The maximum absolute atomic E-state index is 12.3. The minimum atomic E-state index is -2.12. The summed E-state index contributed by atoms with van der Waals surface area (Å²) < 4.78 is 0.487. The summed E-state index contributed by atoms with van der Waals surface area (Å²) in [5.74, 6) is -0.265. The molecule has 119 valence electrons. The second kappa shape index (κ2) is 7.46. The van der Waals surface area contributed by atoms with Crippen molar-refractivity contribution in [3.05, 3.63) is 56.1 Å². The molecule has 1 aromatic carbocycles. The van der Waals surface area contributed by atoms with Gasteiger partial charge in [0, 0.05) is 0 Å². The molecule has 0 aliphatic carbocycles. The van der Waals surface area contributed by atoms with Crippen molar-refractivity contribution < 1.29 is 9.72 Å². The number of nitrogens with one attached hydrogen (secondary N) is 1. The summed E-state index contributed by atoms with van der Waals surface area (Å²) >= 11 is 9.87. The average Bonchev–Trinajstić information content (AvgIpc) is 2.46. The van der Waals surface area contributed by atoms with E-state index in [0.29, 0.717) is 3.71 Å². The van der Waals surface area contributed by atoms with Crippen LogP contribution in [-0.2, 0) is 0 Å². The van der Waals surface area contributed by atoms with Crippen molar-refractivity contribution in [3.8, 4) is 0 Å². The molecule has 6 nitrogen and oxygen atoms in total. The van der Waals surface area contributed by atoms with Crippen LogP contribution in [0, 0.1) is 10.1 Å². The number of anilines is 1. The van der Waals surface area contributed by atoms with Gasteiger partial charge in [0.25, 0.3) is 0 Å². The third kappa shape index (κ3) is 4.13. The van der Waals surface area contributed by atoms with E-state index in [-0.39, 0.29) is 27.1 Å². The molecule has 2 rings (SSSR count). The zero-order chi connectivity index (χ0) is 17.1. The molecule has 0 saturated heterocycles. The zero-order valence-corrected chi connectivity index (χ0v) is 16.6. The van der Waals surface area contributed by atoms with E-state index >= 15 is 0 Å². The topological polar surface area (TPSA) is 85.1 Å². The van der Waals surface area contributed by atoms with E-state index in [9.17, 15) is 14.9 Å². The molecule has 0 spiro atoms. The van der Waals surface area contributed by atoms with E-state index in [4.69, 9.17) is 23.2 Å². The van der Waals surface area contributed by atoms with Crippen LogP contribution >= 0.6 is 23.2 Å². The van der Waals surface area contributed by atoms with Gasteiger partial charge in [-0.15, -0.1) is 0 Å². The summed E-state index contributed by atoms with van der Waals surface area (Å²) in [7, 11) is 0. The van der Waals surface area contributed by atoms with E-state index in [1.54, 1.807) is 18.2 Å². The molecule has 1 amide bonds. The SMILES string of the molecule is [CH3][Sn]([CH3])[c]1nc(NC(=O)c2c(Cl)cccc2Cl)ccc1[N+](=O)[O-]. The molecule has 1 radical (unpaired) electrons. The van der Waals surface area contributed by atoms with Gasteiger partial charge in [-0.3, -0.25) is 0 Å². The van der Waals surface area contributed by atoms with Gasteiger partial charge in [0.15, 0.2) is 0 Å². The monoisotopic (exact) mass is 460 g/mol. The fraction of sp³-hybridized carbons (Fsp3) is 0.143. The Labute approximate surface area is 149 Å². The van der Waals surface area contributed by atoms with Crippen molar-refractivity contribution in [1.29, 1.82) is 0 Å². The first-order valence-corrected chi connectivity index (χ1v) is 14.4. The van der Waals surface area contributed by atoms with Crippen LogP contribution in [0.15, 0.2) is 30.3 Å². The average molecular weight is 460 g/mol. The Kier molecular flexibility index (Phi) is 5.83. The van der Waals surface area contributed by atoms with Crippen molar-refractivity contribution in [2.75, 3.05) is 5.32 Å². The van der Waals surface area contributed by atoms with E-state index in [0.717, 1.165) is 0 Å². The van der Waals surface area contributed by atoms with Crippen LogP contribution in [0.2, 0.25) is 19.9 Å². The number of amides is 1. The molecule has 1 aromatic heterocycles. The molecule has 0 bridgehead atoms. The fourth-order valence-electron chi connectivity index (χ4n) is 1.93. The first kappa shape index (κ1) is 18.0. The first-order valence-electron chi connectivity index (χ1n) is 6.52. The second-order valence-corrected chi connectivity index (χ2v) is 12.7. The van der Waals surface area contributed by atoms with Gasteiger partial charge in [0.1, 0.15) is 0 Å². The Morgan fingerprint density at radius 1 is 1.22 bits per heavy atom. The molecule has 0 aliphatic rings. The predicted octanol–water partition coefficient (Wildman–Crippen LogP) is 3.51. The van der Waals surface area contributed by atoms with Gasteiger partial charge < -0.3 is 0 Å². The summed E-state index contributed by atoms with van der Waals surface area (Å²) in [5.41, 5.74) is 0.141. The third-order valence-electron chi connectivity index (χ3n) is 2.98. The minimum absolute atomic E-state index is 0.00169. The zero-order valence-electron chi connectivity index (χ0n) is 12.3. The van der Waals surface area contributed by atoms with E-state index in [2.05, 4.69) is 10.3 Å². The number of hydrogen-bond donors (Lipinski definition) is 1. The van der Waals surface area contributed by atoms with Crippen LogP contribution in [0.25, 0.3) is 0 Å². The number of nitrogens with zero attached hydrogens (tertiary/aromatic N) is 2. The molecule has 0 unspecified atom stereocenters. The van der Waals surface area contributed by atoms with E-state index in [1.807, 2.05) is 9.88 Å². The molecule has 0 atom stereocenters. The number of aromatic nitrogens is 1. The van der Waals surface area contributed by atoms with Gasteiger partial charge in [-0.05, 0) is 0 Å². The summed E-state index contributed by atoms with van der Waals surface area (Å²) in [6, 6.07) is 7.51. The Hall–Kier alpha value is -1.38. The quantitative estimate of drug-likeness (QED) is 0.431. The Balaban J connectivity index is 2.35. The number of carbonyl (C=O) groups excluding carboxylic acids is 1. The molecular formula is C14H12Cl2N3O3Sn. The van der Waals surface area contributed by atoms with E-state index < -0.39 is 30.6 Å². The number of rotatable bonds is 4.